The first kappa shape index (κ1) is 22.2. The van der Waals surface area contributed by atoms with Crippen molar-refractivity contribution in [3.8, 4) is 0 Å². The molecule has 0 spiro atoms. The van der Waals surface area contributed by atoms with Gasteiger partial charge in [-0.15, -0.1) is 0 Å². The molecule has 25 heavy (non-hydrogen) atoms. The molecule has 142 valence electrons. The SMILES string of the molecule is CCCCCCCCCCCCC(C(=O)Cl)S(=O)(=O)c1ccccc1. The molecule has 1 aromatic carbocycles. The van der Waals surface area contributed by atoms with Gasteiger partial charge in [-0.25, -0.2) is 8.42 Å². The van der Waals surface area contributed by atoms with E-state index in [1.807, 2.05) is 0 Å². The molecule has 0 aliphatic rings. The Hall–Kier alpha value is -0.870. The van der Waals surface area contributed by atoms with Crippen LogP contribution in [0.15, 0.2) is 35.2 Å². The van der Waals surface area contributed by atoms with Gasteiger partial charge in [-0.3, -0.25) is 4.79 Å². The maximum atomic E-state index is 12.6. The largest absolute Gasteiger partial charge is 0.280 e. The molecule has 0 saturated heterocycles. The van der Waals surface area contributed by atoms with Gasteiger partial charge in [-0.1, -0.05) is 89.3 Å². The molecular formula is C20H31ClO3S. The fourth-order valence-corrected chi connectivity index (χ4v) is 5.03. The monoisotopic (exact) mass is 386 g/mol. The van der Waals surface area contributed by atoms with Crippen LogP contribution in [0, 0.1) is 0 Å². The molecule has 3 nitrogen and oxygen atoms in total. The Morgan fingerprint density at radius 2 is 1.36 bits per heavy atom. The molecule has 0 N–H and O–H groups in total. The van der Waals surface area contributed by atoms with Gasteiger partial charge in [0.15, 0.2) is 9.84 Å². The van der Waals surface area contributed by atoms with E-state index in [2.05, 4.69) is 6.92 Å². The summed E-state index contributed by atoms with van der Waals surface area (Å²) in [4.78, 5) is 11.8. The highest BCUT2D eigenvalue weighted by Gasteiger charge is 2.32. The summed E-state index contributed by atoms with van der Waals surface area (Å²) in [6.45, 7) is 2.22. The molecule has 1 aromatic rings. The highest BCUT2D eigenvalue weighted by molar-refractivity contribution is 7.93. The van der Waals surface area contributed by atoms with Crippen LogP contribution in [0.25, 0.3) is 0 Å². The fraction of sp³-hybridized carbons (Fsp3) is 0.650. The number of rotatable bonds is 14. The van der Waals surface area contributed by atoms with E-state index >= 15 is 0 Å². The molecule has 1 atom stereocenters. The van der Waals surface area contributed by atoms with E-state index in [0.29, 0.717) is 12.8 Å². The van der Waals surface area contributed by atoms with Gasteiger partial charge in [0.2, 0.25) is 5.24 Å². The van der Waals surface area contributed by atoms with E-state index in [0.717, 1.165) is 12.8 Å². The van der Waals surface area contributed by atoms with Crippen molar-refractivity contribution < 1.29 is 13.2 Å². The Balaban J connectivity index is 2.32. The van der Waals surface area contributed by atoms with Crippen molar-refractivity contribution in [3.05, 3.63) is 30.3 Å². The number of benzene rings is 1. The molecule has 5 heteroatoms. The Kier molecular flexibility index (Phi) is 11.1. The first-order chi connectivity index (χ1) is 12.0. The summed E-state index contributed by atoms with van der Waals surface area (Å²) in [5.74, 6) is 0. The normalized spacial score (nSPS) is 12.9. The van der Waals surface area contributed by atoms with Crippen LogP contribution in [0.4, 0.5) is 0 Å². The van der Waals surface area contributed by atoms with Crippen LogP contribution < -0.4 is 0 Å². The topological polar surface area (TPSA) is 51.2 Å². The summed E-state index contributed by atoms with van der Waals surface area (Å²) in [7, 11) is -3.69. The molecule has 1 rings (SSSR count). The zero-order valence-corrected chi connectivity index (χ0v) is 16.8. The van der Waals surface area contributed by atoms with Gasteiger partial charge < -0.3 is 0 Å². The van der Waals surface area contributed by atoms with Crippen LogP contribution >= 0.6 is 11.6 Å². The predicted octanol–water partition coefficient (Wildman–Crippen LogP) is 5.91. The van der Waals surface area contributed by atoms with E-state index in [1.54, 1.807) is 18.2 Å². The number of carbonyl (C=O) groups excluding carboxylic acids is 1. The second-order valence-electron chi connectivity index (χ2n) is 6.62. The molecule has 0 aliphatic heterocycles. The molecule has 0 fully saturated rings. The molecular weight excluding hydrogens is 356 g/mol. The van der Waals surface area contributed by atoms with Gasteiger partial charge in [0.1, 0.15) is 5.25 Å². The average molecular weight is 387 g/mol. The van der Waals surface area contributed by atoms with Crippen LogP contribution in [0.1, 0.15) is 77.6 Å². The van der Waals surface area contributed by atoms with Crippen molar-refractivity contribution >= 4 is 26.7 Å². The lowest BCUT2D eigenvalue weighted by Gasteiger charge is -2.13. The molecule has 0 aromatic heterocycles. The number of hydrogen-bond acceptors (Lipinski definition) is 3. The third kappa shape index (κ3) is 8.37. The second kappa shape index (κ2) is 12.5. The van der Waals surface area contributed by atoms with E-state index in [1.165, 1.54) is 57.1 Å². The van der Waals surface area contributed by atoms with Gasteiger partial charge in [-0.2, -0.15) is 0 Å². The van der Waals surface area contributed by atoms with Gasteiger partial charge in [-0.05, 0) is 30.2 Å². The number of hydrogen-bond donors (Lipinski definition) is 0. The molecule has 0 aliphatic carbocycles. The Morgan fingerprint density at radius 3 is 1.84 bits per heavy atom. The maximum Gasteiger partial charge on any atom is 0.240 e. The highest BCUT2D eigenvalue weighted by atomic mass is 35.5. The van der Waals surface area contributed by atoms with Crippen LogP contribution in [0.2, 0.25) is 0 Å². The standard InChI is InChI=1S/C20H31ClO3S/c1-2-3-4-5-6-7-8-9-10-14-17-19(20(21)22)25(23,24)18-15-12-11-13-16-18/h11-13,15-16,19H,2-10,14,17H2,1H3. The van der Waals surface area contributed by atoms with Crippen LogP contribution in [-0.4, -0.2) is 18.9 Å². The quantitative estimate of drug-likeness (QED) is 0.295. The lowest BCUT2D eigenvalue weighted by molar-refractivity contribution is -0.111. The van der Waals surface area contributed by atoms with Crippen molar-refractivity contribution in [2.45, 2.75) is 87.7 Å². The molecule has 0 saturated carbocycles. The predicted molar refractivity (Wildman–Crippen MR) is 105 cm³/mol. The third-order valence-electron chi connectivity index (χ3n) is 4.52. The van der Waals surface area contributed by atoms with Gasteiger partial charge in [0.25, 0.3) is 0 Å². The maximum absolute atomic E-state index is 12.6. The molecule has 0 amide bonds. The zero-order chi connectivity index (χ0) is 18.5. The molecule has 0 heterocycles. The average Bonchev–Trinajstić information content (AvgIpc) is 2.60. The molecule has 0 bridgehead atoms. The van der Waals surface area contributed by atoms with Crippen molar-refractivity contribution in [2.75, 3.05) is 0 Å². The Labute approximate surface area is 158 Å². The summed E-state index contributed by atoms with van der Waals surface area (Å²) in [5.41, 5.74) is 0. The van der Waals surface area contributed by atoms with Crippen molar-refractivity contribution in [3.63, 3.8) is 0 Å². The second-order valence-corrected chi connectivity index (χ2v) is 9.12. The van der Waals surface area contributed by atoms with Crippen molar-refractivity contribution in [1.29, 1.82) is 0 Å². The number of halogens is 1. The fourth-order valence-electron chi connectivity index (χ4n) is 2.98. The Bertz CT molecular complexity index is 584. The van der Waals surface area contributed by atoms with E-state index in [9.17, 15) is 13.2 Å². The number of carbonyl (C=O) groups is 1. The van der Waals surface area contributed by atoms with Crippen molar-refractivity contribution in [2.24, 2.45) is 0 Å². The van der Waals surface area contributed by atoms with E-state index in [4.69, 9.17) is 11.6 Å². The number of sulfone groups is 1. The summed E-state index contributed by atoms with van der Waals surface area (Å²) < 4.78 is 25.1. The third-order valence-corrected chi connectivity index (χ3v) is 7.04. The zero-order valence-electron chi connectivity index (χ0n) is 15.3. The molecule has 1 unspecified atom stereocenters. The van der Waals surface area contributed by atoms with Gasteiger partial charge >= 0.3 is 0 Å². The summed E-state index contributed by atoms with van der Waals surface area (Å²) >= 11 is 5.58. The first-order valence-electron chi connectivity index (χ1n) is 9.48. The lowest BCUT2D eigenvalue weighted by Crippen LogP contribution is -2.27. The van der Waals surface area contributed by atoms with Crippen molar-refractivity contribution in [1.82, 2.24) is 0 Å². The van der Waals surface area contributed by atoms with E-state index < -0.39 is 20.3 Å². The van der Waals surface area contributed by atoms with Crippen LogP contribution in [0.5, 0.6) is 0 Å². The first-order valence-corrected chi connectivity index (χ1v) is 11.4. The summed E-state index contributed by atoms with van der Waals surface area (Å²) in [6, 6.07) is 8.09. The van der Waals surface area contributed by atoms with Crippen LogP contribution in [-0.2, 0) is 14.6 Å². The van der Waals surface area contributed by atoms with Gasteiger partial charge in [0, 0.05) is 0 Å². The summed E-state index contributed by atoms with van der Waals surface area (Å²) in [6.07, 6.45) is 12.0. The number of unbranched alkanes of at least 4 members (excludes halogenated alkanes) is 9. The smallest absolute Gasteiger partial charge is 0.240 e. The Morgan fingerprint density at radius 1 is 0.880 bits per heavy atom. The minimum Gasteiger partial charge on any atom is -0.280 e. The van der Waals surface area contributed by atoms with E-state index in [-0.39, 0.29) is 4.90 Å². The minimum atomic E-state index is -3.69. The highest BCUT2D eigenvalue weighted by Crippen LogP contribution is 2.22. The minimum absolute atomic E-state index is 0.168. The van der Waals surface area contributed by atoms with Gasteiger partial charge in [0.05, 0.1) is 4.90 Å². The summed E-state index contributed by atoms with van der Waals surface area (Å²) in [5, 5.41) is -1.91. The lowest BCUT2D eigenvalue weighted by atomic mass is 10.1. The van der Waals surface area contributed by atoms with Crippen LogP contribution in [0.3, 0.4) is 0 Å². The molecule has 0 radical (unpaired) electrons.